The van der Waals surface area contributed by atoms with E-state index in [0.717, 1.165) is 76.5 Å². The number of rotatable bonds is 6. The van der Waals surface area contributed by atoms with Crippen molar-refractivity contribution in [3.8, 4) is 33.6 Å². The molecule has 214 valence electrons. The number of aryl methyl sites for hydroxylation is 2. The number of aromatic nitrogens is 4. The second-order valence-electron chi connectivity index (χ2n) is 10.9. The van der Waals surface area contributed by atoms with Crippen LogP contribution in [0.25, 0.3) is 44.7 Å². The number of aromatic amines is 1. The molecule has 3 aromatic heterocycles. The SMILES string of the molecule is C=CC(=O)Nc1cc(-c2c(-c3ccc(N4CCN(C)CC4)cc3)[nH]c3ncc(-c4ncn(C)c4C)c(Cl)c23)ccc1C. The monoisotopic (exact) mass is 579 g/mol. The summed E-state index contributed by atoms with van der Waals surface area (Å²) in [7, 11) is 4.12. The summed E-state index contributed by atoms with van der Waals surface area (Å²) < 4.78 is 1.97. The Bertz CT molecular complexity index is 1810. The van der Waals surface area contributed by atoms with E-state index in [2.05, 4.69) is 69.0 Å². The van der Waals surface area contributed by atoms with Gasteiger partial charge in [0.1, 0.15) is 5.65 Å². The van der Waals surface area contributed by atoms with E-state index in [1.807, 2.05) is 37.6 Å². The second-order valence-corrected chi connectivity index (χ2v) is 11.3. The summed E-state index contributed by atoms with van der Waals surface area (Å²) in [4.78, 5) is 30.0. The fraction of sp³-hybridized carbons (Fsp3) is 0.242. The molecule has 0 radical (unpaired) electrons. The molecule has 1 saturated heterocycles. The van der Waals surface area contributed by atoms with Crippen molar-refractivity contribution in [1.82, 2.24) is 24.4 Å². The number of likely N-dealkylation sites (N-methyl/N-ethyl adjacent to an activating group) is 1. The van der Waals surface area contributed by atoms with E-state index in [1.54, 1.807) is 12.5 Å². The highest BCUT2D eigenvalue weighted by Crippen LogP contribution is 2.45. The number of carbonyl (C=O) groups excluding carboxylic acids is 1. The van der Waals surface area contributed by atoms with Crippen LogP contribution in [0.5, 0.6) is 0 Å². The van der Waals surface area contributed by atoms with Gasteiger partial charge in [-0.2, -0.15) is 0 Å². The molecule has 42 heavy (non-hydrogen) atoms. The van der Waals surface area contributed by atoms with E-state index in [4.69, 9.17) is 16.6 Å². The van der Waals surface area contributed by atoms with Crippen molar-refractivity contribution in [3.63, 3.8) is 0 Å². The molecule has 9 heteroatoms. The molecular formula is C33H34ClN7O. The zero-order chi connectivity index (χ0) is 29.5. The number of pyridine rings is 1. The first-order valence-electron chi connectivity index (χ1n) is 14.0. The minimum atomic E-state index is -0.262. The van der Waals surface area contributed by atoms with Gasteiger partial charge in [-0.3, -0.25) is 4.79 Å². The molecule has 0 atom stereocenters. The van der Waals surface area contributed by atoms with Gasteiger partial charge >= 0.3 is 0 Å². The molecule has 2 aromatic carbocycles. The Kier molecular flexibility index (Phi) is 7.35. The lowest BCUT2D eigenvalue weighted by Crippen LogP contribution is -2.44. The third-order valence-electron chi connectivity index (χ3n) is 8.24. The summed E-state index contributed by atoms with van der Waals surface area (Å²) in [5.74, 6) is -0.262. The minimum absolute atomic E-state index is 0.262. The Balaban J connectivity index is 1.53. The highest BCUT2D eigenvalue weighted by atomic mass is 35.5. The number of imidazole rings is 1. The molecule has 1 aliphatic rings. The third kappa shape index (κ3) is 4.97. The molecule has 5 aromatic rings. The Hall–Kier alpha value is -4.40. The minimum Gasteiger partial charge on any atom is -0.369 e. The molecule has 0 unspecified atom stereocenters. The van der Waals surface area contributed by atoms with Gasteiger partial charge in [0, 0.05) is 73.0 Å². The number of fused-ring (bicyclic) bond motifs is 1. The van der Waals surface area contributed by atoms with E-state index in [1.165, 1.54) is 11.8 Å². The van der Waals surface area contributed by atoms with Gasteiger partial charge in [-0.15, -0.1) is 0 Å². The topological polar surface area (TPSA) is 82.1 Å². The van der Waals surface area contributed by atoms with Gasteiger partial charge in [-0.1, -0.05) is 42.4 Å². The van der Waals surface area contributed by atoms with Crippen molar-refractivity contribution in [3.05, 3.63) is 83.9 Å². The lowest BCUT2D eigenvalue weighted by Gasteiger charge is -2.34. The highest BCUT2D eigenvalue weighted by molar-refractivity contribution is 6.39. The van der Waals surface area contributed by atoms with E-state index in [9.17, 15) is 4.79 Å². The van der Waals surface area contributed by atoms with Gasteiger partial charge in [0.05, 0.1) is 22.7 Å². The first-order valence-corrected chi connectivity index (χ1v) is 14.4. The molecule has 8 nitrogen and oxygen atoms in total. The number of hydrogen-bond donors (Lipinski definition) is 2. The molecule has 1 aliphatic heterocycles. The smallest absolute Gasteiger partial charge is 0.247 e. The predicted molar refractivity (Wildman–Crippen MR) is 172 cm³/mol. The number of piperazine rings is 1. The van der Waals surface area contributed by atoms with Gasteiger partial charge in [-0.25, -0.2) is 9.97 Å². The summed E-state index contributed by atoms with van der Waals surface area (Å²) in [6, 6.07) is 14.7. The first-order chi connectivity index (χ1) is 20.2. The van der Waals surface area contributed by atoms with Crippen LogP contribution in [0, 0.1) is 13.8 Å². The molecule has 6 rings (SSSR count). The molecule has 0 bridgehead atoms. The Morgan fingerprint density at radius 3 is 2.40 bits per heavy atom. The Labute approximate surface area is 250 Å². The first kappa shape index (κ1) is 27.8. The van der Waals surface area contributed by atoms with Crippen LogP contribution in [0.2, 0.25) is 5.02 Å². The lowest BCUT2D eigenvalue weighted by atomic mass is 9.96. The summed E-state index contributed by atoms with van der Waals surface area (Å²) in [5.41, 5.74) is 9.86. The molecule has 4 heterocycles. The number of nitrogens with zero attached hydrogens (tertiary/aromatic N) is 5. The van der Waals surface area contributed by atoms with Gasteiger partial charge in [0.25, 0.3) is 0 Å². The average molecular weight is 580 g/mol. The summed E-state index contributed by atoms with van der Waals surface area (Å²) in [6.45, 7) is 11.7. The van der Waals surface area contributed by atoms with Gasteiger partial charge in [0.2, 0.25) is 5.91 Å². The van der Waals surface area contributed by atoms with Gasteiger partial charge < -0.3 is 24.7 Å². The van der Waals surface area contributed by atoms with E-state index in [0.29, 0.717) is 16.4 Å². The Morgan fingerprint density at radius 2 is 1.74 bits per heavy atom. The van der Waals surface area contributed by atoms with Crippen LogP contribution in [0.1, 0.15) is 11.3 Å². The number of H-pyrrole nitrogens is 1. The lowest BCUT2D eigenvalue weighted by molar-refractivity contribution is -0.111. The number of benzene rings is 2. The maximum atomic E-state index is 12.2. The standard InChI is InChI=1S/C33H34ClN7O/c1-6-27(42)37-26-17-23(8-7-20(26)2)28-29-30(34)25(31-21(3)40(5)19-36-31)18-35-33(29)38-32(28)22-9-11-24(12-10-22)41-15-13-39(4)14-16-41/h6-12,17-19H,1,13-16H2,2-5H3,(H,35,38)(H,37,42). The fourth-order valence-electron chi connectivity index (χ4n) is 5.54. The predicted octanol–water partition coefficient (Wildman–Crippen LogP) is 6.44. The fourth-order valence-corrected chi connectivity index (χ4v) is 5.87. The summed E-state index contributed by atoms with van der Waals surface area (Å²) in [5, 5.41) is 4.32. The number of amides is 1. The largest absolute Gasteiger partial charge is 0.369 e. The van der Waals surface area contributed by atoms with Crippen LogP contribution in [0.4, 0.5) is 11.4 Å². The molecule has 1 amide bonds. The molecule has 2 N–H and O–H groups in total. The van der Waals surface area contributed by atoms with Crippen molar-refractivity contribution in [2.45, 2.75) is 13.8 Å². The van der Waals surface area contributed by atoms with E-state index in [-0.39, 0.29) is 5.91 Å². The highest BCUT2D eigenvalue weighted by Gasteiger charge is 2.23. The van der Waals surface area contributed by atoms with Crippen LogP contribution >= 0.6 is 11.6 Å². The van der Waals surface area contributed by atoms with Gasteiger partial charge in [-0.05, 0) is 61.9 Å². The van der Waals surface area contributed by atoms with Crippen LogP contribution in [-0.4, -0.2) is 63.6 Å². The van der Waals surface area contributed by atoms with Crippen molar-refractivity contribution in [2.24, 2.45) is 7.05 Å². The van der Waals surface area contributed by atoms with E-state index < -0.39 is 0 Å². The number of halogens is 1. The zero-order valence-corrected chi connectivity index (χ0v) is 25.1. The summed E-state index contributed by atoms with van der Waals surface area (Å²) in [6.07, 6.45) is 4.84. The molecule has 1 fully saturated rings. The molecule has 0 spiro atoms. The van der Waals surface area contributed by atoms with Crippen molar-refractivity contribution in [2.75, 3.05) is 43.4 Å². The maximum absolute atomic E-state index is 12.2. The molecule has 0 saturated carbocycles. The molecular weight excluding hydrogens is 546 g/mol. The van der Waals surface area contributed by atoms with Crippen LogP contribution in [0.3, 0.4) is 0 Å². The zero-order valence-electron chi connectivity index (χ0n) is 24.3. The quantitative estimate of drug-likeness (QED) is 0.226. The van der Waals surface area contributed by atoms with Crippen LogP contribution in [0.15, 0.2) is 67.6 Å². The second kappa shape index (κ2) is 11.1. The third-order valence-corrected chi connectivity index (χ3v) is 8.63. The number of hydrogen-bond acceptors (Lipinski definition) is 5. The van der Waals surface area contributed by atoms with Gasteiger partial charge in [0.15, 0.2) is 0 Å². The average Bonchev–Trinajstić information content (AvgIpc) is 3.55. The summed E-state index contributed by atoms with van der Waals surface area (Å²) >= 11 is 7.23. The van der Waals surface area contributed by atoms with Crippen LogP contribution < -0.4 is 10.2 Å². The van der Waals surface area contributed by atoms with Crippen molar-refractivity contribution < 1.29 is 4.79 Å². The number of carbonyl (C=O) groups is 1. The number of anilines is 2. The maximum Gasteiger partial charge on any atom is 0.247 e. The van der Waals surface area contributed by atoms with E-state index >= 15 is 0 Å². The van der Waals surface area contributed by atoms with Crippen LogP contribution in [-0.2, 0) is 11.8 Å². The Morgan fingerprint density at radius 1 is 1.02 bits per heavy atom. The number of nitrogens with one attached hydrogen (secondary N) is 2. The normalized spacial score (nSPS) is 14.0. The van der Waals surface area contributed by atoms with Crippen molar-refractivity contribution >= 4 is 39.9 Å². The van der Waals surface area contributed by atoms with Crippen molar-refractivity contribution in [1.29, 1.82) is 0 Å². The molecule has 0 aliphatic carbocycles.